The molecule has 1 aromatic carbocycles. The third-order valence-electron chi connectivity index (χ3n) is 2.82. The second-order valence-corrected chi connectivity index (χ2v) is 4.17. The zero-order valence-electron chi connectivity index (χ0n) is 11.2. The maximum Gasteiger partial charge on any atom is 0.330 e. The molecule has 0 aliphatic carbocycles. The number of ether oxygens (including phenoxy) is 3. The van der Waals surface area contributed by atoms with Crippen molar-refractivity contribution in [2.45, 2.75) is 12.6 Å². The molecule has 0 amide bonds. The Morgan fingerprint density at radius 1 is 1.50 bits per heavy atom. The van der Waals surface area contributed by atoms with Crippen LogP contribution in [0.2, 0.25) is 0 Å². The molecule has 1 aromatic rings. The molecular formula is C14H15NO5. The molecule has 1 atom stereocenters. The van der Waals surface area contributed by atoms with Crippen molar-refractivity contribution in [1.82, 2.24) is 0 Å². The predicted octanol–water partition coefficient (Wildman–Crippen LogP) is 1.04. The molecule has 1 unspecified atom stereocenters. The highest BCUT2D eigenvalue weighted by Gasteiger charge is 2.43. The van der Waals surface area contributed by atoms with E-state index in [-0.39, 0.29) is 6.61 Å². The Labute approximate surface area is 116 Å². The number of hydrogen-bond donors (Lipinski definition) is 1. The summed E-state index contributed by atoms with van der Waals surface area (Å²) in [5.74, 6) is -0.139. The van der Waals surface area contributed by atoms with Crippen molar-refractivity contribution in [2.24, 2.45) is 5.73 Å². The van der Waals surface area contributed by atoms with Crippen LogP contribution in [0.3, 0.4) is 0 Å². The lowest BCUT2D eigenvalue weighted by atomic mass is 10.0. The van der Waals surface area contributed by atoms with Gasteiger partial charge in [0.25, 0.3) is 0 Å². The highest BCUT2D eigenvalue weighted by molar-refractivity contribution is 6.09. The Kier molecular flexibility index (Phi) is 3.76. The summed E-state index contributed by atoms with van der Waals surface area (Å²) in [7, 11) is 1.50. The number of carbonyl (C=O) groups is 2. The Morgan fingerprint density at radius 2 is 2.25 bits per heavy atom. The molecule has 20 heavy (non-hydrogen) atoms. The number of carbonyl (C=O) groups excluding carboxylic acids is 2. The van der Waals surface area contributed by atoms with E-state index in [2.05, 4.69) is 0 Å². The molecule has 0 aromatic heterocycles. The summed E-state index contributed by atoms with van der Waals surface area (Å²) < 4.78 is 15.2. The monoisotopic (exact) mass is 277 g/mol. The standard InChI is InChI=1S/C14H15NO5/c1-3-19-12(16)6-7-14(15)13(17)10-8-9(18-2)4-5-11(10)20-14/h4-8H,3,15H2,1-2H3/b7-6+. The van der Waals surface area contributed by atoms with Gasteiger partial charge in [0.05, 0.1) is 19.3 Å². The minimum absolute atomic E-state index is 0.243. The zero-order valence-corrected chi connectivity index (χ0v) is 11.2. The van der Waals surface area contributed by atoms with Crippen LogP contribution in [0.1, 0.15) is 17.3 Å². The summed E-state index contributed by atoms with van der Waals surface area (Å²) in [6.45, 7) is 1.93. The third kappa shape index (κ3) is 2.50. The molecule has 0 radical (unpaired) electrons. The van der Waals surface area contributed by atoms with Crippen LogP contribution < -0.4 is 15.2 Å². The molecule has 6 nitrogen and oxygen atoms in total. The first-order chi connectivity index (χ1) is 9.50. The van der Waals surface area contributed by atoms with Crippen LogP contribution in [0.15, 0.2) is 30.4 Å². The van der Waals surface area contributed by atoms with Crippen LogP contribution in [-0.4, -0.2) is 31.2 Å². The quantitative estimate of drug-likeness (QED) is 0.653. The van der Waals surface area contributed by atoms with Gasteiger partial charge in [0.15, 0.2) is 0 Å². The highest BCUT2D eigenvalue weighted by atomic mass is 16.5. The average molecular weight is 277 g/mol. The summed E-state index contributed by atoms with van der Waals surface area (Å²) in [5, 5.41) is 0. The molecule has 0 fully saturated rings. The Balaban J connectivity index is 2.24. The molecule has 2 rings (SSSR count). The van der Waals surface area contributed by atoms with Crippen LogP contribution in [0.5, 0.6) is 11.5 Å². The second-order valence-electron chi connectivity index (χ2n) is 4.17. The van der Waals surface area contributed by atoms with Gasteiger partial charge < -0.3 is 14.2 Å². The van der Waals surface area contributed by atoms with Gasteiger partial charge in [-0.05, 0) is 31.2 Å². The van der Waals surface area contributed by atoms with Gasteiger partial charge in [-0.1, -0.05) is 0 Å². The van der Waals surface area contributed by atoms with E-state index in [1.165, 1.54) is 13.2 Å². The molecule has 6 heteroatoms. The van der Waals surface area contributed by atoms with Crippen LogP contribution >= 0.6 is 0 Å². The van der Waals surface area contributed by atoms with Crippen molar-refractivity contribution in [1.29, 1.82) is 0 Å². The number of nitrogens with two attached hydrogens (primary N) is 1. The number of Topliss-reactive ketones (excluding diaryl/α,β-unsaturated/α-hetero) is 1. The summed E-state index contributed by atoms with van der Waals surface area (Å²) in [5.41, 5.74) is 4.51. The lowest BCUT2D eigenvalue weighted by Crippen LogP contribution is -2.47. The highest BCUT2D eigenvalue weighted by Crippen LogP contribution is 2.35. The third-order valence-corrected chi connectivity index (χ3v) is 2.82. The molecule has 2 N–H and O–H groups in total. The predicted molar refractivity (Wildman–Crippen MR) is 70.6 cm³/mol. The molecule has 1 aliphatic rings. The number of hydrogen-bond acceptors (Lipinski definition) is 6. The van der Waals surface area contributed by atoms with Gasteiger partial charge in [-0.2, -0.15) is 0 Å². The molecule has 0 saturated carbocycles. The maximum atomic E-state index is 12.2. The van der Waals surface area contributed by atoms with Gasteiger partial charge >= 0.3 is 5.97 Å². The first-order valence-corrected chi connectivity index (χ1v) is 6.07. The number of esters is 1. The second kappa shape index (κ2) is 5.34. The number of rotatable bonds is 4. The van der Waals surface area contributed by atoms with E-state index < -0.39 is 17.5 Å². The Hall–Kier alpha value is -2.34. The Bertz CT molecular complexity index is 581. The van der Waals surface area contributed by atoms with Crippen LogP contribution in [-0.2, 0) is 9.53 Å². The van der Waals surface area contributed by atoms with E-state index in [1.807, 2.05) is 0 Å². The summed E-state index contributed by atoms with van der Waals surface area (Å²) in [4.78, 5) is 23.5. The van der Waals surface area contributed by atoms with E-state index in [0.717, 1.165) is 6.08 Å². The fraction of sp³-hybridized carbons (Fsp3) is 0.286. The van der Waals surface area contributed by atoms with Crippen molar-refractivity contribution in [2.75, 3.05) is 13.7 Å². The SMILES string of the molecule is CCOC(=O)/C=C/C1(N)Oc2ccc(OC)cc2C1=O. The van der Waals surface area contributed by atoms with Crippen molar-refractivity contribution < 1.29 is 23.8 Å². The lowest BCUT2D eigenvalue weighted by Gasteiger charge is -2.16. The summed E-state index contributed by atoms with van der Waals surface area (Å²) in [6.07, 6.45) is 2.28. The van der Waals surface area contributed by atoms with Gasteiger partial charge in [-0.25, -0.2) is 4.79 Å². The smallest absolute Gasteiger partial charge is 0.330 e. The first-order valence-electron chi connectivity index (χ1n) is 6.07. The molecule has 106 valence electrons. The number of fused-ring (bicyclic) bond motifs is 1. The van der Waals surface area contributed by atoms with Gasteiger partial charge in [0.1, 0.15) is 11.5 Å². The van der Waals surface area contributed by atoms with Crippen molar-refractivity contribution in [3.8, 4) is 11.5 Å². The molecule has 1 heterocycles. The van der Waals surface area contributed by atoms with E-state index in [9.17, 15) is 9.59 Å². The fourth-order valence-electron chi connectivity index (χ4n) is 1.83. The Morgan fingerprint density at radius 3 is 2.90 bits per heavy atom. The van der Waals surface area contributed by atoms with E-state index >= 15 is 0 Å². The van der Waals surface area contributed by atoms with Crippen LogP contribution in [0, 0.1) is 0 Å². The molecular weight excluding hydrogens is 262 g/mol. The van der Waals surface area contributed by atoms with Gasteiger partial charge in [-0.3, -0.25) is 10.5 Å². The van der Waals surface area contributed by atoms with Crippen molar-refractivity contribution in [3.63, 3.8) is 0 Å². The minimum Gasteiger partial charge on any atom is -0.497 e. The number of benzene rings is 1. The van der Waals surface area contributed by atoms with E-state index in [1.54, 1.807) is 25.1 Å². The zero-order chi connectivity index (χ0) is 14.8. The largest absolute Gasteiger partial charge is 0.497 e. The molecule has 0 bridgehead atoms. The van der Waals surface area contributed by atoms with Gasteiger partial charge in [0.2, 0.25) is 11.5 Å². The van der Waals surface area contributed by atoms with E-state index in [0.29, 0.717) is 17.1 Å². The van der Waals surface area contributed by atoms with E-state index in [4.69, 9.17) is 19.9 Å². The van der Waals surface area contributed by atoms with Crippen molar-refractivity contribution >= 4 is 11.8 Å². The topological polar surface area (TPSA) is 87.8 Å². The fourth-order valence-corrected chi connectivity index (χ4v) is 1.83. The van der Waals surface area contributed by atoms with Crippen LogP contribution in [0.25, 0.3) is 0 Å². The minimum atomic E-state index is -1.69. The number of ketones is 1. The lowest BCUT2D eigenvalue weighted by molar-refractivity contribution is -0.137. The number of methoxy groups -OCH3 is 1. The molecule has 1 aliphatic heterocycles. The van der Waals surface area contributed by atoms with Gasteiger partial charge in [-0.15, -0.1) is 0 Å². The average Bonchev–Trinajstić information content (AvgIpc) is 2.69. The first kappa shape index (κ1) is 14.1. The molecule has 0 spiro atoms. The maximum absolute atomic E-state index is 12.2. The van der Waals surface area contributed by atoms with Crippen molar-refractivity contribution in [3.05, 3.63) is 35.9 Å². The van der Waals surface area contributed by atoms with Crippen LogP contribution in [0.4, 0.5) is 0 Å². The molecule has 0 saturated heterocycles. The van der Waals surface area contributed by atoms with Gasteiger partial charge in [0, 0.05) is 6.08 Å². The normalized spacial score (nSPS) is 20.6. The summed E-state index contributed by atoms with van der Waals surface area (Å²) >= 11 is 0. The summed E-state index contributed by atoms with van der Waals surface area (Å²) in [6, 6.07) is 4.80.